The van der Waals surface area contributed by atoms with Crippen molar-refractivity contribution in [2.75, 3.05) is 25.4 Å². The first-order chi connectivity index (χ1) is 23.8. The van der Waals surface area contributed by atoms with Gasteiger partial charge >= 0.3 is 6.03 Å². The molecule has 14 heteroatoms. The van der Waals surface area contributed by atoms with Gasteiger partial charge in [-0.25, -0.2) is 13.2 Å². The Labute approximate surface area is 304 Å². The average Bonchev–Trinajstić information content (AvgIpc) is 3.36. The van der Waals surface area contributed by atoms with Crippen LogP contribution in [0.2, 0.25) is 0 Å². The lowest BCUT2D eigenvalue weighted by atomic mass is 9.83. The number of piperidine rings is 1. The molecule has 0 bridgehead atoms. The van der Waals surface area contributed by atoms with Crippen LogP contribution in [-0.4, -0.2) is 103 Å². The first-order valence-electron chi connectivity index (χ1n) is 18.8. The number of carbonyl (C=O) groups excluding carboxylic acids is 5. The van der Waals surface area contributed by atoms with Crippen molar-refractivity contribution in [2.45, 2.75) is 147 Å². The van der Waals surface area contributed by atoms with Gasteiger partial charge in [-0.05, 0) is 70.6 Å². The minimum absolute atomic E-state index is 0.0307. The summed E-state index contributed by atoms with van der Waals surface area (Å²) in [6.07, 6.45) is 8.31. The molecule has 4 aliphatic rings. The van der Waals surface area contributed by atoms with Crippen LogP contribution in [0.4, 0.5) is 4.79 Å². The Hall–Kier alpha value is -3.00. The molecule has 51 heavy (non-hydrogen) atoms. The third-order valence-electron chi connectivity index (χ3n) is 11.7. The van der Waals surface area contributed by atoms with E-state index in [0.717, 1.165) is 44.9 Å². The number of urea groups is 1. The molecule has 6 atom stereocenters. The van der Waals surface area contributed by atoms with Crippen molar-refractivity contribution >= 4 is 39.4 Å². The molecular weight excluding hydrogens is 675 g/mol. The molecule has 2 aliphatic heterocycles. The molecule has 5 amide bonds. The highest BCUT2D eigenvalue weighted by atomic mass is 32.2. The molecule has 2 aliphatic carbocycles. The Morgan fingerprint density at radius 2 is 1.65 bits per heavy atom. The van der Waals surface area contributed by atoms with Crippen LogP contribution < -0.4 is 21.3 Å². The van der Waals surface area contributed by atoms with E-state index in [1.807, 2.05) is 13.8 Å². The second-order valence-corrected chi connectivity index (χ2v) is 19.5. The van der Waals surface area contributed by atoms with Crippen molar-refractivity contribution in [1.29, 1.82) is 0 Å². The summed E-state index contributed by atoms with van der Waals surface area (Å²) < 4.78 is 31.9. The number of hydrogen-bond donors (Lipinski definition) is 4. The molecule has 4 rings (SSSR count). The van der Waals surface area contributed by atoms with Crippen molar-refractivity contribution in [3.05, 3.63) is 12.7 Å². The second-order valence-electron chi connectivity index (χ2n) is 16.7. The summed E-state index contributed by atoms with van der Waals surface area (Å²) >= 11 is 0. The third-order valence-corrected chi connectivity index (χ3v) is 14.5. The average molecular weight is 736 g/mol. The Kier molecular flexibility index (Phi) is 13.1. The van der Waals surface area contributed by atoms with Gasteiger partial charge in [0.25, 0.3) is 5.91 Å². The number of sulfone groups is 1. The molecule has 4 fully saturated rings. The summed E-state index contributed by atoms with van der Waals surface area (Å²) in [7, 11) is -3.59. The summed E-state index contributed by atoms with van der Waals surface area (Å²) in [5, 5.41) is 11.2. The normalized spacial score (nSPS) is 30.2. The van der Waals surface area contributed by atoms with E-state index in [1.54, 1.807) is 27.7 Å². The molecule has 0 spiro atoms. The van der Waals surface area contributed by atoms with Crippen LogP contribution in [0.15, 0.2) is 12.7 Å². The number of fused-ring (bicyclic) bond motifs is 3. The second kappa shape index (κ2) is 16.3. The van der Waals surface area contributed by atoms with Crippen molar-refractivity contribution < 1.29 is 37.1 Å². The van der Waals surface area contributed by atoms with Gasteiger partial charge in [0.15, 0.2) is 9.84 Å². The fourth-order valence-corrected chi connectivity index (χ4v) is 9.71. The van der Waals surface area contributed by atoms with Gasteiger partial charge in [0.2, 0.25) is 17.6 Å². The van der Waals surface area contributed by atoms with E-state index in [4.69, 9.17) is 4.74 Å². The van der Waals surface area contributed by atoms with E-state index in [0.29, 0.717) is 25.9 Å². The first-order valence-corrected chi connectivity index (χ1v) is 20.5. The van der Waals surface area contributed by atoms with E-state index >= 15 is 0 Å². The molecule has 2 saturated carbocycles. The monoisotopic (exact) mass is 735 g/mol. The molecule has 0 unspecified atom stereocenters. The zero-order valence-corrected chi connectivity index (χ0v) is 32.3. The van der Waals surface area contributed by atoms with Gasteiger partial charge in [0.1, 0.15) is 12.1 Å². The van der Waals surface area contributed by atoms with E-state index in [9.17, 15) is 32.4 Å². The van der Waals surface area contributed by atoms with E-state index < -0.39 is 73.9 Å². The standard InChI is InChI=1S/C37H61N5O8S/c1-8-20-38-32(45)30(43)26-17-13-10-9-11-16-21-50-24(2)28(33(46)42-22-25-27(36(25,6)7)29(42)31(44)39-26)40-34(47)41-37(18-14-12-15-19-37)23-51(48,49)35(3,4)5/h8,24-29H,1,9-23H2,2-7H3,(H,38,45)(H,39,44)(H2,40,41,47)/t24-,25-,26-,27-,28-,29-/m0/s1. The zero-order valence-electron chi connectivity index (χ0n) is 31.5. The van der Waals surface area contributed by atoms with E-state index in [1.165, 1.54) is 11.0 Å². The van der Waals surface area contributed by atoms with Crippen molar-refractivity contribution in [3.63, 3.8) is 0 Å². The lowest BCUT2D eigenvalue weighted by Gasteiger charge is -2.40. The van der Waals surface area contributed by atoms with Gasteiger partial charge < -0.3 is 30.9 Å². The van der Waals surface area contributed by atoms with Crippen LogP contribution >= 0.6 is 0 Å². The summed E-state index contributed by atoms with van der Waals surface area (Å²) in [4.78, 5) is 70.0. The number of carbonyl (C=O) groups is 5. The highest BCUT2D eigenvalue weighted by Crippen LogP contribution is 2.65. The summed E-state index contributed by atoms with van der Waals surface area (Å²) in [5.74, 6) is -2.89. The molecule has 0 aromatic rings. The summed E-state index contributed by atoms with van der Waals surface area (Å²) in [6.45, 7) is 15.1. The lowest BCUT2D eigenvalue weighted by Crippen LogP contribution is -2.64. The Morgan fingerprint density at radius 1 is 1.02 bits per heavy atom. The van der Waals surface area contributed by atoms with Gasteiger partial charge in [-0.3, -0.25) is 19.2 Å². The van der Waals surface area contributed by atoms with Gasteiger partial charge in [-0.15, -0.1) is 6.58 Å². The highest BCUT2D eigenvalue weighted by molar-refractivity contribution is 7.92. The van der Waals surface area contributed by atoms with Crippen LogP contribution in [0.25, 0.3) is 0 Å². The predicted molar refractivity (Wildman–Crippen MR) is 194 cm³/mol. The predicted octanol–water partition coefficient (Wildman–Crippen LogP) is 3.17. The van der Waals surface area contributed by atoms with Crippen LogP contribution in [-0.2, 0) is 33.8 Å². The lowest BCUT2D eigenvalue weighted by molar-refractivity contribution is -0.146. The maximum atomic E-state index is 14.5. The quantitative estimate of drug-likeness (QED) is 0.217. The molecule has 4 N–H and O–H groups in total. The largest absolute Gasteiger partial charge is 0.376 e. The summed E-state index contributed by atoms with van der Waals surface area (Å²) in [6, 6.07) is -3.80. The number of rotatable bonds is 8. The molecule has 2 saturated heterocycles. The maximum absolute atomic E-state index is 14.5. The Morgan fingerprint density at radius 3 is 2.29 bits per heavy atom. The van der Waals surface area contributed by atoms with Gasteiger partial charge in [-0.1, -0.05) is 64.9 Å². The number of nitrogens with zero attached hydrogens (tertiary/aromatic N) is 1. The summed E-state index contributed by atoms with van der Waals surface area (Å²) in [5.41, 5.74) is -1.21. The number of ether oxygens (including phenoxy) is 1. The Balaban J connectivity index is 1.61. The van der Waals surface area contributed by atoms with Crippen LogP contribution in [0.3, 0.4) is 0 Å². The number of Topliss-reactive ketones (excluding diaryl/α,β-unsaturated/α-hetero) is 1. The maximum Gasteiger partial charge on any atom is 0.315 e. The third kappa shape index (κ3) is 9.52. The van der Waals surface area contributed by atoms with E-state index in [2.05, 4.69) is 27.8 Å². The van der Waals surface area contributed by atoms with Crippen molar-refractivity contribution in [3.8, 4) is 0 Å². The number of amides is 5. The van der Waals surface area contributed by atoms with Gasteiger partial charge in [0.05, 0.1) is 28.2 Å². The molecule has 0 aromatic carbocycles. The number of nitrogens with one attached hydrogen (secondary N) is 4. The van der Waals surface area contributed by atoms with Crippen molar-refractivity contribution in [1.82, 2.24) is 26.2 Å². The van der Waals surface area contributed by atoms with Crippen LogP contribution in [0, 0.1) is 17.3 Å². The molecular formula is C37H61N5O8S. The highest BCUT2D eigenvalue weighted by Gasteiger charge is 2.69. The van der Waals surface area contributed by atoms with Gasteiger partial charge in [0, 0.05) is 19.7 Å². The molecule has 13 nitrogen and oxygen atoms in total. The van der Waals surface area contributed by atoms with Gasteiger partial charge in [-0.2, -0.15) is 0 Å². The first kappa shape index (κ1) is 40.8. The smallest absolute Gasteiger partial charge is 0.315 e. The Bertz CT molecular complexity index is 1430. The topological polar surface area (TPSA) is 180 Å². The zero-order chi connectivity index (χ0) is 37.8. The molecule has 0 radical (unpaired) electrons. The SMILES string of the molecule is C=CCNC(=O)C(=O)[C@@H]1CCCCCCCO[C@@H](C)[C@H](NC(=O)NC2(CS(=O)(=O)C(C)(C)C)CCCCC2)C(=O)N2C[C@H]3[C@@H]([C@H]2C(=O)N1)C3(C)C. The van der Waals surface area contributed by atoms with Crippen molar-refractivity contribution in [2.24, 2.45) is 17.3 Å². The molecule has 2 heterocycles. The fraction of sp³-hybridized carbons (Fsp3) is 0.811. The van der Waals surface area contributed by atoms with Crippen LogP contribution in [0.5, 0.6) is 0 Å². The van der Waals surface area contributed by atoms with Crippen LogP contribution in [0.1, 0.15) is 112 Å². The fourth-order valence-electron chi connectivity index (χ4n) is 8.19. The number of ketones is 1. The molecule has 0 aromatic heterocycles. The minimum atomic E-state index is -3.59. The van der Waals surface area contributed by atoms with E-state index in [-0.39, 0.29) is 42.5 Å². The number of hydrogen-bond acceptors (Lipinski definition) is 8. The molecule has 288 valence electrons. The minimum Gasteiger partial charge on any atom is -0.376 e.